The molecular weight excluding hydrogens is 435 g/mol. The molecule has 0 radical (unpaired) electrons. The molecule has 30 heavy (non-hydrogen) atoms. The van der Waals surface area contributed by atoms with Gasteiger partial charge in [-0.1, -0.05) is 24.3 Å². The average molecular weight is 458 g/mol. The van der Waals surface area contributed by atoms with E-state index in [1.807, 2.05) is 6.92 Å². The third-order valence-corrected chi connectivity index (χ3v) is 7.65. The smallest absolute Gasteiger partial charge is 0.383 e. The van der Waals surface area contributed by atoms with Crippen molar-refractivity contribution in [2.24, 2.45) is 5.41 Å². The summed E-state index contributed by atoms with van der Waals surface area (Å²) in [5, 5.41) is 15.2. The lowest BCUT2D eigenvalue weighted by Crippen LogP contribution is -2.41. The lowest BCUT2D eigenvalue weighted by atomic mass is 9.92. The van der Waals surface area contributed by atoms with Gasteiger partial charge in [-0.3, -0.25) is 0 Å². The highest BCUT2D eigenvalue weighted by molar-refractivity contribution is 7.99. The Labute approximate surface area is 180 Å². The Morgan fingerprint density at radius 1 is 1.30 bits per heavy atom. The van der Waals surface area contributed by atoms with Crippen LogP contribution in [0.2, 0.25) is 0 Å². The van der Waals surface area contributed by atoms with Gasteiger partial charge < -0.3 is 9.84 Å². The number of nitrogens with zero attached hydrogens (tertiary/aromatic N) is 3. The van der Waals surface area contributed by atoms with Crippen molar-refractivity contribution in [1.29, 1.82) is 0 Å². The SMILES string of the molecule is Cc1nc2sc(C(C)(C)O)nn2c1-c1ccc(C(F)(F)F)c(SCC2(C)COC2)c1. The minimum atomic E-state index is -4.44. The zero-order valence-electron chi connectivity index (χ0n) is 17.0. The molecule has 5 nitrogen and oxygen atoms in total. The summed E-state index contributed by atoms with van der Waals surface area (Å²) in [6.45, 7) is 8.20. The molecule has 1 aliphatic heterocycles. The van der Waals surface area contributed by atoms with Gasteiger partial charge in [-0.05, 0) is 32.9 Å². The molecule has 0 spiro atoms. The van der Waals surface area contributed by atoms with Gasteiger partial charge in [0.1, 0.15) is 10.6 Å². The van der Waals surface area contributed by atoms with E-state index in [0.29, 0.717) is 45.9 Å². The number of aryl methyl sites for hydroxylation is 1. The highest BCUT2D eigenvalue weighted by Gasteiger charge is 2.37. The van der Waals surface area contributed by atoms with Crippen LogP contribution in [-0.2, 0) is 16.5 Å². The van der Waals surface area contributed by atoms with Gasteiger partial charge in [-0.25, -0.2) is 9.50 Å². The van der Waals surface area contributed by atoms with E-state index in [0.717, 1.165) is 6.07 Å². The topological polar surface area (TPSA) is 59.7 Å². The molecule has 4 rings (SSSR count). The molecule has 1 aromatic carbocycles. The molecule has 0 aliphatic carbocycles. The van der Waals surface area contributed by atoms with E-state index in [1.165, 1.54) is 29.2 Å². The number of halogens is 3. The van der Waals surface area contributed by atoms with Crippen LogP contribution in [0.25, 0.3) is 16.2 Å². The van der Waals surface area contributed by atoms with E-state index in [2.05, 4.69) is 10.1 Å². The Balaban J connectivity index is 1.78. The maximum absolute atomic E-state index is 13.6. The summed E-state index contributed by atoms with van der Waals surface area (Å²) < 4.78 is 47.7. The fourth-order valence-electron chi connectivity index (χ4n) is 3.24. The van der Waals surface area contributed by atoms with Crippen LogP contribution in [0.3, 0.4) is 0 Å². The standard InChI is InChI=1S/C20H22F3N3O2S2/c1-11-15(26-17(24-11)30-16(25-26)18(2,3)27)12-5-6-13(20(21,22)23)14(7-12)29-10-19(4)8-28-9-19/h5-7,27H,8-10H2,1-4H3. The number of imidazole rings is 1. The average Bonchev–Trinajstić information content (AvgIpc) is 3.13. The van der Waals surface area contributed by atoms with Crippen molar-refractivity contribution in [3.8, 4) is 11.3 Å². The van der Waals surface area contributed by atoms with Crippen LogP contribution in [0.5, 0.6) is 0 Å². The molecular formula is C20H22F3N3O2S2. The number of rotatable bonds is 5. The molecule has 1 saturated heterocycles. The fraction of sp³-hybridized carbons (Fsp3) is 0.500. The number of ether oxygens (including phenoxy) is 1. The predicted octanol–water partition coefficient (Wildman–Crippen LogP) is 5.14. The molecule has 2 aromatic heterocycles. The molecule has 3 heterocycles. The van der Waals surface area contributed by atoms with Gasteiger partial charge in [0.2, 0.25) is 4.96 Å². The summed E-state index contributed by atoms with van der Waals surface area (Å²) in [4.78, 5) is 5.27. The van der Waals surface area contributed by atoms with Gasteiger partial charge in [0.05, 0.1) is 30.2 Å². The first-order chi connectivity index (χ1) is 13.9. The Morgan fingerprint density at radius 3 is 2.57 bits per heavy atom. The van der Waals surface area contributed by atoms with Gasteiger partial charge in [0.15, 0.2) is 0 Å². The van der Waals surface area contributed by atoms with Crippen LogP contribution in [0.4, 0.5) is 13.2 Å². The predicted molar refractivity (Wildman–Crippen MR) is 111 cm³/mol. The van der Waals surface area contributed by atoms with E-state index in [4.69, 9.17) is 4.74 Å². The monoisotopic (exact) mass is 457 g/mol. The second-order valence-corrected chi connectivity index (χ2v) is 10.5. The molecule has 10 heteroatoms. The number of aliphatic hydroxyl groups is 1. The second-order valence-electron chi connectivity index (χ2n) is 8.51. The Bertz CT molecular complexity index is 1100. The van der Waals surface area contributed by atoms with Gasteiger partial charge in [0.25, 0.3) is 0 Å². The highest BCUT2D eigenvalue weighted by atomic mass is 32.2. The van der Waals surface area contributed by atoms with E-state index in [1.54, 1.807) is 31.4 Å². The molecule has 0 saturated carbocycles. The van der Waals surface area contributed by atoms with Gasteiger partial charge in [-0.2, -0.15) is 18.3 Å². The largest absolute Gasteiger partial charge is 0.417 e. The Hall–Kier alpha value is -1.62. The minimum absolute atomic E-state index is 0.111. The van der Waals surface area contributed by atoms with Crippen molar-refractivity contribution in [3.63, 3.8) is 0 Å². The first kappa shape index (κ1) is 21.6. The summed E-state index contributed by atoms with van der Waals surface area (Å²) >= 11 is 2.46. The fourth-order valence-corrected chi connectivity index (χ4v) is 5.40. The molecule has 0 bridgehead atoms. The van der Waals surface area contributed by atoms with E-state index in [-0.39, 0.29) is 10.3 Å². The van der Waals surface area contributed by atoms with Crippen LogP contribution in [0.1, 0.15) is 37.0 Å². The number of benzene rings is 1. The summed E-state index contributed by atoms with van der Waals surface area (Å²) in [6.07, 6.45) is -4.44. The number of hydrogen-bond acceptors (Lipinski definition) is 6. The molecule has 0 unspecified atom stereocenters. The summed E-state index contributed by atoms with van der Waals surface area (Å²) in [5.74, 6) is 0.542. The summed E-state index contributed by atoms with van der Waals surface area (Å²) in [7, 11) is 0. The first-order valence-electron chi connectivity index (χ1n) is 9.39. The van der Waals surface area contributed by atoms with E-state index in [9.17, 15) is 18.3 Å². The molecule has 3 aromatic rings. The minimum Gasteiger partial charge on any atom is -0.383 e. The van der Waals surface area contributed by atoms with Gasteiger partial charge in [-0.15, -0.1) is 11.8 Å². The lowest BCUT2D eigenvalue weighted by Gasteiger charge is -2.37. The quantitative estimate of drug-likeness (QED) is 0.538. The van der Waals surface area contributed by atoms with Crippen LogP contribution in [0, 0.1) is 12.3 Å². The zero-order chi connectivity index (χ0) is 21.9. The molecule has 162 valence electrons. The highest BCUT2D eigenvalue weighted by Crippen LogP contribution is 2.42. The van der Waals surface area contributed by atoms with Crippen LogP contribution < -0.4 is 0 Å². The van der Waals surface area contributed by atoms with Gasteiger partial charge >= 0.3 is 6.18 Å². The zero-order valence-corrected chi connectivity index (χ0v) is 18.6. The van der Waals surface area contributed by atoms with E-state index >= 15 is 0 Å². The number of fused-ring (bicyclic) bond motifs is 1. The lowest BCUT2D eigenvalue weighted by molar-refractivity contribution is -0.139. The Morgan fingerprint density at radius 2 is 2.00 bits per heavy atom. The molecule has 1 N–H and O–H groups in total. The number of hydrogen-bond donors (Lipinski definition) is 1. The second kappa shape index (κ2) is 7.22. The first-order valence-corrected chi connectivity index (χ1v) is 11.2. The third-order valence-electron chi connectivity index (χ3n) is 4.94. The van der Waals surface area contributed by atoms with Crippen molar-refractivity contribution in [2.75, 3.05) is 19.0 Å². The van der Waals surface area contributed by atoms with Crippen LogP contribution >= 0.6 is 23.1 Å². The van der Waals surface area contributed by atoms with Crippen molar-refractivity contribution in [3.05, 3.63) is 34.5 Å². The van der Waals surface area contributed by atoms with Crippen LogP contribution in [0.15, 0.2) is 23.1 Å². The molecule has 0 amide bonds. The van der Waals surface area contributed by atoms with Crippen LogP contribution in [-0.4, -0.2) is 38.7 Å². The third kappa shape index (κ3) is 3.98. The number of aromatic nitrogens is 3. The summed E-state index contributed by atoms with van der Waals surface area (Å²) in [5.41, 5.74) is 0.0291. The Kier molecular flexibility index (Phi) is 5.20. The molecule has 1 aliphatic rings. The van der Waals surface area contributed by atoms with Crippen molar-refractivity contribution < 1.29 is 23.0 Å². The normalized spacial score (nSPS) is 16.8. The van der Waals surface area contributed by atoms with Crippen molar-refractivity contribution in [1.82, 2.24) is 14.6 Å². The number of alkyl halides is 3. The maximum Gasteiger partial charge on any atom is 0.417 e. The maximum atomic E-state index is 13.6. The molecule has 0 atom stereocenters. The van der Waals surface area contributed by atoms with E-state index < -0.39 is 17.3 Å². The summed E-state index contributed by atoms with van der Waals surface area (Å²) in [6, 6.07) is 4.15. The van der Waals surface area contributed by atoms with Crippen molar-refractivity contribution in [2.45, 2.75) is 44.4 Å². The number of thioether (sulfide) groups is 1. The van der Waals surface area contributed by atoms with Crippen molar-refractivity contribution >= 4 is 28.1 Å². The molecule has 1 fully saturated rings. The van der Waals surface area contributed by atoms with Gasteiger partial charge in [0, 0.05) is 21.6 Å².